The topological polar surface area (TPSA) is 71.8 Å². The summed E-state index contributed by atoms with van der Waals surface area (Å²) < 4.78 is 96.4. The largest absolute Gasteiger partial charge is 0.434 e. The molecule has 1 saturated carbocycles. The second-order valence-corrected chi connectivity index (χ2v) is 9.54. The Morgan fingerprint density at radius 3 is 2.40 bits per heavy atom. The van der Waals surface area contributed by atoms with Crippen LogP contribution in [0.4, 0.5) is 36.4 Å². The molecule has 0 radical (unpaired) electrons. The van der Waals surface area contributed by atoms with Gasteiger partial charge in [0.15, 0.2) is 5.69 Å². The van der Waals surface area contributed by atoms with Crippen molar-refractivity contribution in [1.82, 2.24) is 20.1 Å². The highest BCUT2D eigenvalue weighted by Crippen LogP contribution is 2.36. The Morgan fingerprint density at radius 1 is 0.925 bits per heavy atom. The predicted octanol–water partition coefficient (Wildman–Crippen LogP) is 6.75. The van der Waals surface area contributed by atoms with Crippen molar-refractivity contribution in [3.05, 3.63) is 83.6 Å². The molecule has 40 heavy (non-hydrogen) atoms. The van der Waals surface area contributed by atoms with Gasteiger partial charge in [-0.25, -0.2) is 14.1 Å². The van der Waals surface area contributed by atoms with Gasteiger partial charge < -0.3 is 10.6 Å². The molecule has 6 nitrogen and oxygen atoms in total. The number of halogens is 7. The Balaban J connectivity index is 1.36. The summed E-state index contributed by atoms with van der Waals surface area (Å²) in [7, 11) is 0. The van der Waals surface area contributed by atoms with E-state index < -0.39 is 47.1 Å². The van der Waals surface area contributed by atoms with Gasteiger partial charge in [-0.1, -0.05) is 24.3 Å². The molecule has 1 aliphatic carbocycles. The van der Waals surface area contributed by atoms with Gasteiger partial charge in [0.25, 0.3) is 5.91 Å². The van der Waals surface area contributed by atoms with Crippen molar-refractivity contribution in [2.24, 2.45) is 0 Å². The molecule has 0 spiro atoms. The van der Waals surface area contributed by atoms with Crippen molar-refractivity contribution >= 4 is 22.5 Å². The number of aromatic nitrogens is 3. The zero-order valence-corrected chi connectivity index (χ0v) is 20.7. The van der Waals surface area contributed by atoms with Crippen LogP contribution in [0.5, 0.6) is 0 Å². The Labute approximate surface area is 223 Å². The molecule has 4 aromatic rings. The summed E-state index contributed by atoms with van der Waals surface area (Å²) in [4.78, 5) is 16.7. The molecule has 210 valence electrons. The van der Waals surface area contributed by atoms with Crippen molar-refractivity contribution < 1.29 is 35.5 Å². The molecule has 0 saturated heterocycles. The van der Waals surface area contributed by atoms with Crippen LogP contribution in [0, 0.1) is 5.82 Å². The summed E-state index contributed by atoms with van der Waals surface area (Å²) in [5.41, 5.74) is -2.92. The number of nitrogens with one attached hydrogen (secondary N) is 2. The third-order valence-corrected chi connectivity index (χ3v) is 6.71. The number of hydrogen-bond donors (Lipinski definition) is 2. The van der Waals surface area contributed by atoms with Gasteiger partial charge in [-0.2, -0.15) is 31.4 Å². The van der Waals surface area contributed by atoms with Crippen LogP contribution in [-0.2, 0) is 12.4 Å². The first-order chi connectivity index (χ1) is 18.9. The minimum Gasteiger partial charge on any atom is -0.382 e. The number of carbonyl (C=O) groups excluding carboxylic acids is 1. The van der Waals surface area contributed by atoms with Gasteiger partial charge in [0, 0.05) is 23.2 Å². The highest BCUT2D eigenvalue weighted by atomic mass is 19.4. The smallest absolute Gasteiger partial charge is 0.382 e. The number of carbonyl (C=O) groups is 1. The fourth-order valence-corrected chi connectivity index (χ4v) is 4.97. The van der Waals surface area contributed by atoms with E-state index in [1.807, 2.05) is 0 Å². The molecule has 1 amide bonds. The standard InChI is InChI=1S/C27H22F7N5O/c28-15-5-3-8-18(11-15)39-24(27(32,33)34)20(14-35-39)25(40)37-17-7-4-6-16(12-17)36-22-13-23(26(29,30)31)38-21-10-2-1-9-19(21)22/h1-3,5,8-11,13-14,16-17H,4,6-7,12H2,(H,36,38)(H,37,40)/t16-,17+/m0/s1. The van der Waals surface area contributed by atoms with Crippen LogP contribution in [0.15, 0.2) is 60.8 Å². The molecule has 13 heteroatoms. The second-order valence-electron chi connectivity index (χ2n) is 9.54. The van der Waals surface area contributed by atoms with Crippen molar-refractivity contribution in [2.45, 2.75) is 50.1 Å². The highest BCUT2D eigenvalue weighted by molar-refractivity contribution is 5.95. The van der Waals surface area contributed by atoms with E-state index >= 15 is 0 Å². The van der Waals surface area contributed by atoms with Crippen LogP contribution in [0.1, 0.15) is 47.4 Å². The lowest BCUT2D eigenvalue weighted by Crippen LogP contribution is -2.42. The quantitative estimate of drug-likeness (QED) is 0.263. The highest BCUT2D eigenvalue weighted by Gasteiger charge is 2.41. The maximum Gasteiger partial charge on any atom is 0.434 e. The number of rotatable bonds is 5. The van der Waals surface area contributed by atoms with E-state index in [9.17, 15) is 35.5 Å². The summed E-state index contributed by atoms with van der Waals surface area (Å²) in [6, 6.07) is 10.8. The third-order valence-electron chi connectivity index (χ3n) is 6.71. The fourth-order valence-electron chi connectivity index (χ4n) is 4.97. The van der Waals surface area contributed by atoms with Crippen LogP contribution in [0.2, 0.25) is 0 Å². The number of benzene rings is 2. The van der Waals surface area contributed by atoms with Crippen LogP contribution >= 0.6 is 0 Å². The van der Waals surface area contributed by atoms with E-state index in [2.05, 4.69) is 20.7 Å². The molecule has 5 rings (SSSR count). The molecular weight excluding hydrogens is 543 g/mol. The molecule has 0 unspecified atom stereocenters. The number of fused-ring (bicyclic) bond motifs is 1. The molecule has 2 aromatic carbocycles. The molecule has 2 aromatic heterocycles. The van der Waals surface area contributed by atoms with Gasteiger partial charge in [0.2, 0.25) is 0 Å². The monoisotopic (exact) mass is 565 g/mol. The first-order valence-electron chi connectivity index (χ1n) is 12.4. The van der Waals surface area contributed by atoms with Crippen LogP contribution in [-0.4, -0.2) is 32.8 Å². The summed E-state index contributed by atoms with van der Waals surface area (Å²) >= 11 is 0. The van der Waals surface area contributed by atoms with E-state index in [0.29, 0.717) is 29.3 Å². The van der Waals surface area contributed by atoms with E-state index in [1.165, 1.54) is 18.2 Å². The van der Waals surface area contributed by atoms with E-state index in [4.69, 9.17) is 0 Å². The third kappa shape index (κ3) is 5.73. The summed E-state index contributed by atoms with van der Waals surface area (Å²) in [5, 5.41) is 9.92. The Bertz CT molecular complexity index is 1550. The van der Waals surface area contributed by atoms with Gasteiger partial charge in [0.1, 0.15) is 11.5 Å². The maximum absolute atomic E-state index is 14.0. The molecule has 0 bridgehead atoms. The molecule has 2 heterocycles. The number of hydrogen-bond acceptors (Lipinski definition) is 4. The zero-order valence-electron chi connectivity index (χ0n) is 20.7. The summed E-state index contributed by atoms with van der Waals surface area (Å²) in [6.07, 6.45) is -6.96. The van der Waals surface area contributed by atoms with Crippen molar-refractivity contribution in [1.29, 1.82) is 0 Å². The maximum atomic E-state index is 14.0. The summed E-state index contributed by atoms with van der Waals surface area (Å²) in [6.45, 7) is 0. The van der Waals surface area contributed by atoms with E-state index in [-0.39, 0.29) is 29.4 Å². The van der Waals surface area contributed by atoms with Crippen molar-refractivity contribution in [2.75, 3.05) is 5.32 Å². The summed E-state index contributed by atoms with van der Waals surface area (Å²) in [5.74, 6) is -1.77. The number of alkyl halides is 6. The number of pyridine rings is 1. The minimum atomic E-state index is -4.97. The van der Waals surface area contributed by atoms with E-state index in [0.717, 1.165) is 24.4 Å². The number of amides is 1. The van der Waals surface area contributed by atoms with Crippen molar-refractivity contribution in [3.63, 3.8) is 0 Å². The number of anilines is 1. The number of para-hydroxylation sites is 1. The van der Waals surface area contributed by atoms with Gasteiger partial charge >= 0.3 is 12.4 Å². The first-order valence-corrected chi connectivity index (χ1v) is 12.4. The van der Waals surface area contributed by atoms with Gasteiger partial charge in [-0.15, -0.1) is 0 Å². The van der Waals surface area contributed by atoms with Gasteiger partial charge in [0.05, 0.1) is 23.0 Å². The average Bonchev–Trinajstić information content (AvgIpc) is 3.35. The Morgan fingerprint density at radius 2 is 1.68 bits per heavy atom. The lowest BCUT2D eigenvalue weighted by molar-refractivity contribution is -0.143. The number of nitrogens with zero attached hydrogens (tertiary/aromatic N) is 3. The lowest BCUT2D eigenvalue weighted by atomic mass is 9.90. The van der Waals surface area contributed by atoms with E-state index in [1.54, 1.807) is 18.2 Å². The SMILES string of the molecule is O=C(N[C@@H]1CCC[C@H](Nc2cc(C(F)(F)F)nc3ccccc23)C1)c1cnn(-c2cccc(F)c2)c1C(F)(F)F. The minimum absolute atomic E-state index is 0.162. The predicted molar refractivity (Wildman–Crippen MR) is 132 cm³/mol. The molecule has 1 fully saturated rings. The molecule has 2 atom stereocenters. The Hall–Kier alpha value is -4.16. The average molecular weight is 565 g/mol. The first kappa shape index (κ1) is 27.4. The molecule has 0 aliphatic heterocycles. The normalized spacial score (nSPS) is 18.1. The van der Waals surface area contributed by atoms with Gasteiger partial charge in [-0.05, 0) is 56.0 Å². The second kappa shape index (κ2) is 10.4. The molecular formula is C27H22F7N5O. The van der Waals surface area contributed by atoms with Crippen molar-refractivity contribution in [3.8, 4) is 5.69 Å². The zero-order chi connectivity index (χ0) is 28.7. The van der Waals surface area contributed by atoms with Crippen LogP contribution < -0.4 is 10.6 Å². The molecule has 2 N–H and O–H groups in total. The Kier molecular flexibility index (Phi) is 7.15. The molecule has 1 aliphatic rings. The van der Waals surface area contributed by atoms with Crippen LogP contribution in [0.3, 0.4) is 0 Å². The van der Waals surface area contributed by atoms with Crippen LogP contribution in [0.25, 0.3) is 16.6 Å². The lowest BCUT2D eigenvalue weighted by Gasteiger charge is -2.31. The fraction of sp³-hybridized carbons (Fsp3) is 0.296. The van der Waals surface area contributed by atoms with Gasteiger partial charge in [-0.3, -0.25) is 4.79 Å².